The molecule has 2 aromatic rings. The van der Waals surface area contributed by atoms with E-state index in [1.807, 2.05) is 26.8 Å². The molecule has 2 saturated heterocycles. The van der Waals surface area contributed by atoms with E-state index in [1.54, 1.807) is 34.3 Å². The molecule has 4 aliphatic rings. The van der Waals surface area contributed by atoms with E-state index in [0.29, 0.717) is 37.3 Å². The second kappa shape index (κ2) is 11.3. The summed E-state index contributed by atoms with van der Waals surface area (Å²) in [5.74, 6) is -0.382. The molecule has 0 spiro atoms. The van der Waals surface area contributed by atoms with Crippen molar-refractivity contribution in [3.8, 4) is 0 Å². The van der Waals surface area contributed by atoms with E-state index in [2.05, 4.69) is 15.6 Å². The number of H-pyrrole nitrogens is 1. The molecule has 2 bridgehead atoms. The van der Waals surface area contributed by atoms with Gasteiger partial charge in [-0.25, -0.2) is 14.0 Å². The van der Waals surface area contributed by atoms with Crippen molar-refractivity contribution in [2.24, 2.45) is 5.92 Å². The predicted molar refractivity (Wildman–Crippen MR) is 160 cm³/mol. The van der Waals surface area contributed by atoms with Crippen LogP contribution in [0.2, 0.25) is 5.02 Å². The van der Waals surface area contributed by atoms with Gasteiger partial charge in [0.15, 0.2) is 0 Å². The number of carbonyl (C=O) groups excluding carboxylic acids is 2. The first-order valence-corrected chi connectivity index (χ1v) is 14.9. The number of likely N-dealkylation sites (tertiary alicyclic amines) is 1. The number of ether oxygens (including phenoxy) is 2. The monoisotopic (exact) mass is 611 g/mol. The first-order chi connectivity index (χ1) is 20.4. The largest absolute Gasteiger partial charge is 0.444 e. The van der Waals surface area contributed by atoms with E-state index >= 15 is 4.39 Å². The number of carbonyl (C=O) groups is 2. The summed E-state index contributed by atoms with van der Waals surface area (Å²) in [4.78, 5) is 43.3. The lowest BCUT2D eigenvalue weighted by atomic mass is 9.95. The van der Waals surface area contributed by atoms with Crippen LogP contribution >= 0.6 is 11.6 Å². The molecule has 43 heavy (non-hydrogen) atoms. The Morgan fingerprint density at radius 1 is 1.19 bits per heavy atom. The number of fused-ring (bicyclic) bond motifs is 4. The third kappa shape index (κ3) is 6.14. The van der Waals surface area contributed by atoms with Gasteiger partial charge in [-0.15, -0.1) is 0 Å². The third-order valence-corrected chi connectivity index (χ3v) is 8.49. The van der Waals surface area contributed by atoms with Gasteiger partial charge in [0.2, 0.25) is 5.56 Å². The van der Waals surface area contributed by atoms with Crippen LogP contribution in [0.3, 0.4) is 0 Å². The number of nitrogens with zero attached hydrogens (tertiary/aromatic N) is 2. The Kier molecular flexibility index (Phi) is 7.72. The number of benzene rings is 1. The Balaban J connectivity index is 1.03. The topological polar surface area (TPSA) is 116 Å². The van der Waals surface area contributed by atoms with Gasteiger partial charge in [0.25, 0.3) is 0 Å². The van der Waals surface area contributed by atoms with Crippen LogP contribution in [0.25, 0.3) is 5.57 Å². The number of hydrogen-bond acceptors (Lipinski definition) is 6. The number of allylic oxidation sites excluding steroid dienone is 2. The minimum Gasteiger partial charge on any atom is -0.444 e. The maximum absolute atomic E-state index is 15.3. The number of rotatable bonds is 5. The number of amides is 3. The third-order valence-electron chi connectivity index (χ3n) is 8.18. The number of anilines is 1. The van der Waals surface area contributed by atoms with Crippen molar-refractivity contribution in [2.75, 3.05) is 25.0 Å². The number of aromatic amines is 1. The van der Waals surface area contributed by atoms with Crippen LogP contribution in [0.5, 0.6) is 0 Å². The highest BCUT2D eigenvalue weighted by Crippen LogP contribution is 2.43. The summed E-state index contributed by atoms with van der Waals surface area (Å²) in [6.45, 7) is 7.15. The first kappa shape index (κ1) is 29.3. The van der Waals surface area contributed by atoms with Crippen molar-refractivity contribution in [1.29, 1.82) is 0 Å². The second-order valence-corrected chi connectivity index (χ2v) is 12.9. The van der Waals surface area contributed by atoms with Gasteiger partial charge in [0.1, 0.15) is 17.6 Å². The van der Waals surface area contributed by atoms with E-state index in [1.165, 1.54) is 12.1 Å². The van der Waals surface area contributed by atoms with Gasteiger partial charge < -0.3 is 34.9 Å². The van der Waals surface area contributed by atoms with Crippen molar-refractivity contribution in [3.63, 3.8) is 0 Å². The summed E-state index contributed by atoms with van der Waals surface area (Å²) in [5.41, 5.74) is 2.35. The van der Waals surface area contributed by atoms with E-state index in [4.69, 9.17) is 21.1 Å². The SMILES string of the molecule is CC(C)(C)OC(=O)N1CC(COC2C=CC(c3cc(F)c(NC(=O)N4[C@H]5CC[C@@H]4c4c[nH]c(=O)cc4C5)cc3Cl)=CN2)C1. The molecule has 228 valence electrons. The Morgan fingerprint density at radius 3 is 2.70 bits per heavy atom. The fraction of sp³-hybridized carbons (Fsp3) is 0.452. The van der Waals surface area contributed by atoms with Crippen LogP contribution in [-0.4, -0.2) is 64.5 Å². The van der Waals surface area contributed by atoms with Gasteiger partial charge in [-0.2, -0.15) is 0 Å². The molecule has 1 unspecified atom stereocenters. The van der Waals surface area contributed by atoms with Gasteiger partial charge in [-0.3, -0.25) is 4.79 Å². The fourth-order valence-electron chi connectivity index (χ4n) is 6.13. The maximum Gasteiger partial charge on any atom is 0.410 e. The zero-order valence-electron chi connectivity index (χ0n) is 24.3. The Bertz CT molecular complexity index is 1560. The molecule has 3 N–H and O–H groups in total. The Morgan fingerprint density at radius 2 is 1.98 bits per heavy atom. The van der Waals surface area contributed by atoms with E-state index in [9.17, 15) is 14.4 Å². The number of dihydropyridines is 1. The molecule has 4 aliphatic heterocycles. The van der Waals surface area contributed by atoms with Crippen LogP contribution in [-0.2, 0) is 15.9 Å². The van der Waals surface area contributed by atoms with Gasteiger partial charge in [0.05, 0.1) is 23.4 Å². The zero-order chi connectivity index (χ0) is 30.5. The summed E-state index contributed by atoms with van der Waals surface area (Å²) >= 11 is 6.56. The standard InChI is InChI=1S/C31H35ClFN5O5/c1-31(2,3)43-30(41)37-14-17(15-37)16-42-28-7-4-18(12-35-28)21-10-24(33)25(11-23(21)32)36-29(40)38-20-5-6-26(38)22-13-34-27(39)9-19(22)8-20/h4,7,9-13,17,20,26,28,35H,5-6,8,14-16H2,1-3H3,(H,34,39)(H,36,40)/t20-,26+,28?/m0/s1. The lowest BCUT2D eigenvalue weighted by Gasteiger charge is -2.40. The number of halogens is 2. The number of aromatic nitrogens is 1. The van der Waals surface area contributed by atoms with Crippen LogP contribution in [0.1, 0.15) is 56.3 Å². The summed E-state index contributed by atoms with van der Waals surface area (Å²) in [6.07, 6.45) is 8.52. The number of pyridine rings is 1. The highest BCUT2D eigenvalue weighted by atomic mass is 35.5. The molecule has 0 aliphatic carbocycles. The molecular formula is C31H35ClFN5O5. The summed E-state index contributed by atoms with van der Waals surface area (Å²) in [7, 11) is 0. The lowest BCUT2D eigenvalue weighted by Crippen LogP contribution is -2.53. The molecule has 3 amide bonds. The zero-order valence-corrected chi connectivity index (χ0v) is 25.0. The van der Waals surface area contributed by atoms with Crippen LogP contribution < -0.4 is 16.2 Å². The van der Waals surface area contributed by atoms with Gasteiger partial charge >= 0.3 is 12.1 Å². The van der Waals surface area contributed by atoms with Crippen molar-refractivity contribution in [1.82, 2.24) is 20.1 Å². The second-order valence-electron chi connectivity index (χ2n) is 12.5. The Labute approximate surface area is 253 Å². The molecule has 3 atom stereocenters. The molecule has 12 heteroatoms. The summed E-state index contributed by atoms with van der Waals surface area (Å²) in [5, 5.41) is 6.14. The minimum absolute atomic E-state index is 0.000831. The Hall–Kier alpha value is -3.83. The molecule has 2 fully saturated rings. The summed E-state index contributed by atoms with van der Waals surface area (Å²) < 4.78 is 26.6. The molecule has 1 aromatic heterocycles. The molecular weight excluding hydrogens is 577 g/mol. The van der Waals surface area contributed by atoms with Crippen molar-refractivity contribution < 1.29 is 23.5 Å². The molecule has 6 rings (SSSR count). The fourth-order valence-corrected chi connectivity index (χ4v) is 6.41. The predicted octanol–water partition coefficient (Wildman–Crippen LogP) is 5.17. The highest BCUT2D eigenvalue weighted by molar-refractivity contribution is 6.33. The van der Waals surface area contributed by atoms with E-state index in [-0.39, 0.29) is 46.6 Å². The lowest BCUT2D eigenvalue weighted by molar-refractivity contribution is -0.0314. The van der Waals surface area contributed by atoms with Gasteiger partial charge in [-0.05, 0) is 74.9 Å². The number of hydrogen-bond donors (Lipinski definition) is 3. The minimum atomic E-state index is -0.603. The normalized spacial score (nSPS) is 22.8. The van der Waals surface area contributed by atoms with Crippen LogP contribution in [0.4, 0.5) is 19.7 Å². The molecule has 5 heterocycles. The summed E-state index contributed by atoms with van der Waals surface area (Å²) in [6, 6.07) is 3.71. The van der Waals surface area contributed by atoms with Crippen molar-refractivity contribution >= 4 is 35.0 Å². The van der Waals surface area contributed by atoms with Gasteiger partial charge in [0, 0.05) is 49.1 Å². The van der Waals surface area contributed by atoms with Crippen molar-refractivity contribution in [2.45, 2.75) is 63.9 Å². The van der Waals surface area contributed by atoms with E-state index < -0.39 is 17.4 Å². The van der Waals surface area contributed by atoms with E-state index in [0.717, 1.165) is 24.0 Å². The quantitative estimate of drug-likeness (QED) is 0.430. The highest BCUT2D eigenvalue weighted by Gasteiger charge is 2.43. The molecule has 0 radical (unpaired) electrons. The average molecular weight is 612 g/mol. The molecule has 0 saturated carbocycles. The van der Waals surface area contributed by atoms with Crippen LogP contribution in [0, 0.1) is 11.7 Å². The van der Waals surface area contributed by atoms with Gasteiger partial charge in [-0.1, -0.05) is 17.7 Å². The maximum atomic E-state index is 15.3. The molecule has 10 nitrogen and oxygen atoms in total. The average Bonchev–Trinajstić information content (AvgIpc) is 3.23. The van der Waals surface area contributed by atoms with Crippen molar-refractivity contribution in [3.05, 3.63) is 80.6 Å². The molecule has 1 aromatic carbocycles. The number of urea groups is 1. The van der Waals surface area contributed by atoms with Crippen LogP contribution in [0.15, 0.2) is 47.5 Å². The first-order valence-electron chi connectivity index (χ1n) is 14.5. The number of nitrogens with one attached hydrogen (secondary N) is 3. The smallest absolute Gasteiger partial charge is 0.410 e.